The minimum Gasteiger partial charge on any atom is -0.478 e. The topological polar surface area (TPSA) is 96.4 Å². The van der Waals surface area contributed by atoms with Gasteiger partial charge in [0.05, 0.1) is 0 Å². The summed E-state index contributed by atoms with van der Waals surface area (Å²) in [6.07, 6.45) is 7.96. The molecule has 0 unspecified atom stereocenters. The molecule has 0 radical (unpaired) electrons. The maximum atomic E-state index is 12.2. The van der Waals surface area contributed by atoms with Gasteiger partial charge in [0.1, 0.15) is 4.90 Å². The Balaban J connectivity index is 2.12. The minimum absolute atomic E-state index is 0.0435. The zero-order chi connectivity index (χ0) is 15.5. The highest BCUT2D eigenvalue weighted by atomic mass is 32.2. The first-order valence-electron chi connectivity index (χ1n) is 6.73. The van der Waals surface area contributed by atoms with Crippen molar-refractivity contribution >= 4 is 22.1 Å². The van der Waals surface area contributed by atoms with Gasteiger partial charge < -0.3 is 5.11 Å². The third kappa shape index (κ3) is 4.12. The molecule has 1 heterocycles. The molecule has 2 rings (SSSR count). The molecule has 2 N–H and O–H groups in total. The van der Waals surface area contributed by atoms with Crippen LogP contribution in [0.25, 0.3) is 6.08 Å². The van der Waals surface area contributed by atoms with Crippen molar-refractivity contribution in [1.82, 2.24) is 9.71 Å². The molecular formula is C14H18N2O4S. The van der Waals surface area contributed by atoms with E-state index in [1.807, 2.05) is 0 Å². The van der Waals surface area contributed by atoms with E-state index in [4.69, 9.17) is 5.11 Å². The average molecular weight is 310 g/mol. The van der Waals surface area contributed by atoms with E-state index < -0.39 is 16.0 Å². The van der Waals surface area contributed by atoms with Gasteiger partial charge in [-0.05, 0) is 42.4 Å². The second kappa shape index (κ2) is 5.95. The van der Waals surface area contributed by atoms with Crippen LogP contribution in [-0.4, -0.2) is 31.0 Å². The van der Waals surface area contributed by atoms with E-state index in [0.717, 1.165) is 25.3 Å². The summed E-state index contributed by atoms with van der Waals surface area (Å²) < 4.78 is 27.1. The van der Waals surface area contributed by atoms with E-state index in [0.29, 0.717) is 12.1 Å². The number of hydrogen-bond donors (Lipinski definition) is 2. The molecule has 1 aliphatic carbocycles. The van der Waals surface area contributed by atoms with Gasteiger partial charge in [-0.1, -0.05) is 6.92 Å². The van der Waals surface area contributed by atoms with Crippen LogP contribution in [0.15, 0.2) is 29.4 Å². The summed E-state index contributed by atoms with van der Waals surface area (Å²) in [4.78, 5) is 14.4. The summed E-state index contributed by atoms with van der Waals surface area (Å²) in [5.41, 5.74) is 0.540. The molecule has 1 saturated carbocycles. The van der Waals surface area contributed by atoms with Crippen LogP contribution in [0.4, 0.5) is 0 Å². The van der Waals surface area contributed by atoms with E-state index in [-0.39, 0.29) is 10.3 Å². The Labute approximate surface area is 124 Å². The van der Waals surface area contributed by atoms with Gasteiger partial charge in [-0.2, -0.15) is 0 Å². The molecule has 0 amide bonds. The number of nitrogens with zero attached hydrogens (tertiary/aromatic N) is 1. The van der Waals surface area contributed by atoms with Gasteiger partial charge in [0.2, 0.25) is 10.0 Å². The first kappa shape index (κ1) is 15.7. The third-order valence-electron chi connectivity index (χ3n) is 3.81. The van der Waals surface area contributed by atoms with Crippen molar-refractivity contribution in [2.24, 2.45) is 5.41 Å². The second-order valence-corrected chi connectivity index (χ2v) is 7.07. The molecule has 0 aliphatic heterocycles. The van der Waals surface area contributed by atoms with Gasteiger partial charge in [0.15, 0.2) is 0 Å². The van der Waals surface area contributed by atoms with Crippen molar-refractivity contribution in [3.8, 4) is 0 Å². The highest BCUT2D eigenvalue weighted by molar-refractivity contribution is 7.89. The largest absolute Gasteiger partial charge is 0.478 e. The van der Waals surface area contributed by atoms with Gasteiger partial charge in [-0.15, -0.1) is 0 Å². The van der Waals surface area contributed by atoms with Crippen molar-refractivity contribution in [2.75, 3.05) is 6.54 Å². The molecule has 0 saturated heterocycles. The van der Waals surface area contributed by atoms with Crippen LogP contribution in [0.2, 0.25) is 0 Å². The lowest BCUT2D eigenvalue weighted by atomic mass is 10.1. The monoisotopic (exact) mass is 310 g/mol. The van der Waals surface area contributed by atoms with Crippen LogP contribution in [0, 0.1) is 5.41 Å². The standard InChI is InChI=1S/C14H18N2O4S/c1-2-14(5-6-14)10-16-21(19,20)12-7-11(8-15-9-12)3-4-13(17)18/h3-4,7-9,16H,2,5-6,10H2,1H3,(H,17,18)/b4-3+. The third-order valence-corrected chi connectivity index (χ3v) is 5.18. The predicted octanol–water partition coefficient (Wildman–Crippen LogP) is 1.65. The summed E-state index contributed by atoms with van der Waals surface area (Å²) in [5.74, 6) is -1.10. The zero-order valence-electron chi connectivity index (χ0n) is 11.7. The zero-order valence-corrected chi connectivity index (χ0v) is 12.6. The molecule has 0 aromatic carbocycles. The van der Waals surface area contributed by atoms with E-state index in [9.17, 15) is 13.2 Å². The van der Waals surface area contributed by atoms with Crippen molar-refractivity contribution in [1.29, 1.82) is 0 Å². The van der Waals surface area contributed by atoms with Crippen LogP contribution in [0.5, 0.6) is 0 Å². The van der Waals surface area contributed by atoms with Crippen LogP contribution >= 0.6 is 0 Å². The van der Waals surface area contributed by atoms with Crippen LogP contribution in [0.1, 0.15) is 31.7 Å². The number of carbonyl (C=O) groups is 1. The number of pyridine rings is 1. The van der Waals surface area contributed by atoms with E-state index in [1.54, 1.807) is 0 Å². The fourth-order valence-corrected chi connectivity index (χ4v) is 3.16. The Morgan fingerprint density at radius 3 is 2.76 bits per heavy atom. The first-order chi connectivity index (χ1) is 9.87. The van der Waals surface area contributed by atoms with Crippen LogP contribution < -0.4 is 4.72 Å². The molecule has 0 bridgehead atoms. The molecule has 0 spiro atoms. The average Bonchev–Trinajstić information content (AvgIpc) is 3.24. The molecule has 1 aromatic heterocycles. The molecule has 7 heteroatoms. The smallest absolute Gasteiger partial charge is 0.328 e. The number of carboxylic acids is 1. The van der Waals surface area contributed by atoms with E-state index in [1.165, 1.54) is 24.5 Å². The molecule has 1 aliphatic rings. The summed E-state index contributed by atoms with van der Waals surface area (Å²) in [7, 11) is -3.62. The van der Waals surface area contributed by atoms with Crippen molar-refractivity contribution < 1.29 is 18.3 Å². The summed E-state index contributed by atoms with van der Waals surface area (Å²) >= 11 is 0. The van der Waals surface area contributed by atoms with E-state index in [2.05, 4.69) is 16.6 Å². The fraction of sp³-hybridized carbons (Fsp3) is 0.429. The van der Waals surface area contributed by atoms with Gasteiger partial charge in [0, 0.05) is 25.0 Å². The SMILES string of the molecule is CCC1(CNS(=O)(=O)c2cncc(/C=C/C(=O)O)c2)CC1. The molecule has 1 aromatic rings. The first-order valence-corrected chi connectivity index (χ1v) is 8.21. The number of sulfonamides is 1. The molecule has 114 valence electrons. The number of carboxylic acid groups (broad SMARTS) is 1. The number of aliphatic carboxylic acids is 1. The van der Waals surface area contributed by atoms with Gasteiger partial charge >= 0.3 is 5.97 Å². The molecule has 21 heavy (non-hydrogen) atoms. The Morgan fingerprint density at radius 1 is 1.48 bits per heavy atom. The van der Waals surface area contributed by atoms with Crippen LogP contribution in [0.3, 0.4) is 0 Å². The van der Waals surface area contributed by atoms with E-state index >= 15 is 0 Å². The maximum Gasteiger partial charge on any atom is 0.328 e. The van der Waals surface area contributed by atoms with Crippen LogP contribution in [-0.2, 0) is 14.8 Å². The highest BCUT2D eigenvalue weighted by Gasteiger charge is 2.41. The lowest BCUT2D eigenvalue weighted by molar-refractivity contribution is -0.131. The minimum atomic E-state index is -3.62. The second-order valence-electron chi connectivity index (χ2n) is 5.30. The Hall–Kier alpha value is -1.73. The molecule has 6 nitrogen and oxygen atoms in total. The summed E-state index contributed by atoms with van der Waals surface area (Å²) in [6, 6.07) is 1.40. The Bertz CT molecular complexity index is 663. The van der Waals surface area contributed by atoms with Gasteiger partial charge in [-0.3, -0.25) is 4.98 Å². The number of nitrogens with one attached hydrogen (secondary N) is 1. The highest BCUT2D eigenvalue weighted by Crippen LogP contribution is 2.48. The number of rotatable bonds is 7. The Kier molecular flexibility index (Phi) is 4.43. The normalized spacial score (nSPS) is 17.0. The Morgan fingerprint density at radius 2 is 2.19 bits per heavy atom. The van der Waals surface area contributed by atoms with Crippen molar-refractivity contribution in [2.45, 2.75) is 31.1 Å². The fourth-order valence-electron chi connectivity index (χ4n) is 2.00. The quantitative estimate of drug-likeness (QED) is 0.746. The molecular weight excluding hydrogens is 292 g/mol. The maximum absolute atomic E-state index is 12.2. The molecule has 0 atom stereocenters. The predicted molar refractivity (Wildman–Crippen MR) is 78.1 cm³/mol. The van der Waals surface area contributed by atoms with Crippen molar-refractivity contribution in [3.05, 3.63) is 30.1 Å². The lowest BCUT2D eigenvalue weighted by Crippen LogP contribution is -2.30. The summed E-state index contributed by atoms with van der Waals surface area (Å²) in [6.45, 7) is 2.49. The number of hydrogen-bond acceptors (Lipinski definition) is 4. The summed E-state index contributed by atoms with van der Waals surface area (Å²) in [5, 5.41) is 8.57. The number of aromatic nitrogens is 1. The van der Waals surface area contributed by atoms with Gasteiger partial charge in [0.25, 0.3) is 0 Å². The lowest BCUT2D eigenvalue weighted by Gasteiger charge is -2.13. The van der Waals surface area contributed by atoms with Gasteiger partial charge in [-0.25, -0.2) is 17.9 Å². The van der Waals surface area contributed by atoms with Crippen molar-refractivity contribution in [3.63, 3.8) is 0 Å². The molecule has 1 fully saturated rings.